The molecule has 0 unspecified atom stereocenters. The van der Waals surface area contributed by atoms with Gasteiger partial charge < -0.3 is 5.32 Å². The molecule has 1 N–H and O–H groups in total. The fraction of sp³-hybridized carbons (Fsp3) is 0.500. The molecule has 1 fully saturated rings. The van der Waals surface area contributed by atoms with Gasteiger partial charge in [-0.05, 0) is 50.5 Å². The van der Waals surface area contributed by atoms with Gasteiger partial charge in [0.15, 0.2) is 0 Å². The number of hydrogen-bond acceptors (Lipinski definition) is 2. The summed E-state index contributed by atoms with van der Waals surface area (Å²) in [7, 11) is 0. The number of nitrogens with one attached hydrogen (secondary N) is 1. The lowest BCUT2D eigenvalue weighted by atomic mass is 9.85. The van der Waals surface area contributed by atoms with Crippen molar-refractivity contribution in [2.45, 2.75) is 38.8 Å². The van der Waals surface area contributed by atoms with Crippen LogP contribution in [-0.2, 0) is 0 Å². The molecule has 0 radical (unpaired) electrons. The standard InChI is InChI=1S/C14H16ClFN2/c1-14(2,8-17)13-4-3-12(18-13)9-5-10(15)7-11(16)6-9/h5-7,12-13,18H,3-4H2,1-2H3/t12-,13+/m0/s1. The van der Waals surface area contributed by atoms with E-state index in [9.17, 15) is 4.39 Å². The Morgan fingerprint density at radius 2 is 2.11 bits per heavy atom. The number of hydrogen-bond donors (Lipinski definition) is 1. The van der Waals surface area contributed by atoms with Crippen LogP contribution in [0.5, 0.6) is 0 Å². The van der Waals surface area contributed by atoms with Crippen LogP contribution in [0.4, 0.5) is 4.39 Å². The summed E-state index contributed by atoms with van der Waals surface area (Å²) < 4.78 is 13.3. The molecule has 0 amide bonds. The number of nitriles is 1. The second-order valence-corrected chi connectivity index (χ2v) is 5.82. The van der Waals surface area contributed by atoms with Crippen LogP contribution in [0.3, 0.4) is 0 Å². The number of nitrogens with zero attached hydrogens (tertiary/aromatic N) is 1. The van der Waals surface area contributed by atoms with Crippen molar-refractivity contribution in [3.8, 4) is 6.07 Å². The van der Waals surface area contributed by atoms with Crippen LogP contribution >= 0.6 is 11.6 Å². The Hall–Kier alpha value is -1.11. The Balaban J connectivity index is 2.16. The Morgan fingerprint density at radius 1 is 1.39 bits per heavy atom. The molecule has 2 rings (SSSR count). The average molecular weight is 267 g/mol. The SMILES string of the molecule is CC(C)(C#N)[C@H]1CC[C@@H](c2cc(F)cc(Cl)c2)N1. The van der Waals surface area contributed by atoms with Crippen molar-refractivity contribution in [1.29, 1.82) is 5.26 Å². The number of rotatable bonds is 2. The minimum atomic E-state index is -0.411. The molecule has 4 heteroatoms. The summed E-state index contributed by atoms with van der Waals surface area (Å²) in [6, 6.07) is 7.12. The van der Waals surface area contributed by atoms with Crippen LogP contribution in [0.1, 0.15) is 38.3 Å². The summed E-state index contributed by atoms with van der Waals surface area (Å²) in [6.07, 6.45) is 1.81. The second-order valence-electron chi connectivity index (χ2n) is 5.39. The summed E-state index contributed by atoms with van der Waals surface area (Å²) in [6.45, 7) is 3.84. The molecule has 1 aliphatic heterocycles. The lowest BCUT2D eigenvalue weighted by Gasteiger charge is -2.25. The highest BCUT2D eigenvalue weighted by Crippen LogP contribution is 2.35. The molecule has 18 heavy (non-hydrogen) atoms. The predicted molar refractivity (Wildman–Crippen MR) is 69.7 cm³/mol. The van der Waals surface area contributed by atoms with Gasteiger partial charge in [0.05, 0.1) is 11.5 Å². The van der Waals surface area contributed by atoms with E-state index in [1.165, 1.54) is 12.1 Å². The zero-order valence-corrected chi connectivity index (χ0v) is 11.3. The summed E-state index contributed by atoms with van der Waals surface area (Å²) in [5.74, 6) is -0.317. The normalized spacial score (nSPS) is 23.9. The van der Waals surface area contributed by atoms with E-state index in [0.717, 1.165) is 18.4 Å². The predicted octanol–water partition coefficient (Wildman–Crippen LogP) is 3.82. The topological polar surface area (TPSA) is 35.8 Å². The molecule has 2 atom stereocenters. The Labute approximate surface area is 112 Å². The molecule has 1 aliphatic rings. The zero-order valence-electron chi connectivity index (χ0n) is 10.5. The molecule has 1 aromatic rings. The van der Waals surface area contributed by atoms with Gasteiger partial charge in [-0.15, -0.1) is 0 Å². The zero-order chi connectivity index (χ0) is 13.3. The maximum atomic E-state index is 13.3. The molecule has 2 nitrogen and oxygen atoms in total. The molecule has 0 saturated carbocycles. The third kappa shape index (κ3) is 2.66. The molecule has 0 aliphatic carbocycles. The Morgan fingerprint density at radius 3 is 2.72 bits per heavy atom. The maximum Gasteiger partial charge on any atom is 0.125 e. The molecule has 0 bridgehead atoms. The number of halogens is 2. The third-order valence-corrected chi connectivity index (χ3v) is 3.81. The highest BCUT2D eigenvalue weighted by atomic mass is 35.5. The van der Waals surface area contributed by atoms with Crippen LogP contribution in [0.15, 0.2) is 18.2 Å². The van der Waals surface area contributed by atoms with Gasteiger partial charge in [-0.2, -0.15) is 5.26 Å². The molecule has 1 aromatic carbocycles. The van der Waals surface area contributed by atoms with E-state index in [1.807, 2.05) is 13.8 Å². The lowest BCUT2D eigenvalue weighted by Crippen LogP contribution is -2.37. The smallest absolute Gasteiger partial charge is 0.125 e. The van der Waals surface area contributed by atoms with Gasteiger partial charge in [0.1, 0.15) is 5.82 Å². The molecular formula is C14H16ClFN2. The van der Waals surface area contributed by atoms with Gasteiger partial charge >= 0.3 is 0 Å². The van der Waals surface area contributed by atoms with Crippen molar-refractivity contribution in [2.24, 2.45) is 5.41 Å². The first-order valence-corrected chi connectivity index (χ1v) is 6.43. The average Bonchev–Trinajstić information content (AvgIpc) is 2.77. The summed E-state index contributed by atoms with van der Waals surface area (Å²) in [5.41, 5.74) is 0.447. The van der Waals surface area contributed by atoms with E-state index in [4.69, 9.17) is 16.9 Å². The fourth-order valence-electron chi connectivity index (χ4n) is 2.43. The van der Waals surface area contributed by atoms with Crippen LogP contribution in [0.2, 0.25) is 5.02 Å². The quantitative estimate of drug-likeness (QED) is 0.883. The van der Waals surface area contributed by atoms with E-state index in [1.54, 1.807) is 6.07 Å². The van der Waals surface area contributed by atoms with Gasteiger partial charge in [-0.25, -0.2) is 4.39 Å². The largest absolute Gasteiger partial charge is 0.306 e. The number of benzene rings is 1. The Kier molecular flexibility index (Phi) is 3.61. The van der Waals surface area contributed by atoms with Crippen molar-refractivity contribution in [3.05, 3.63) is 34.6 Å². The summed E-state index contributed by atoms with van der Waals surface area (Å²) in [4.78, 5) is 0. The summed E-state index contributed by atoms with van der Waals surface area (Å²) in [5, 5.41) is 12.9. The van der Waals surface area contributed by atoms with E-state index in [2.05, 4.69) is 11.4 Å². The van der Waals surface area contributed by atoms with E-state index in [-0.39, 0.29) is 17.9 Å². The third-order valence-electron chi connectivity index (χ3n) is 3.59. The first-order valence-electron chi connectivity index (χ1n) is 6.05. The maximum absolute atomic E-state index is 13.3. The van der Waals surface area contributed by atoms with Gasteiger partial charge in [-0.1, -0.05) is 11.6 Å². The summed E-state index contributed by atoms with van der Waals surface area (Å²) >= 11 is 5.86. The highest BCUT2D eigenvalue weighted by Gasteiger charge is 2.36. The van der Waals surface area contributed by atoms with Gasteiger partial charge in [0.2, 0.25) is 0 Å². The fourth-order valence-corrected chi connectivity index (χ4v) is 2.66. The Bertz CT molecular complexity index is 473. The van der Waals surface area contributed by atoms with Crippen LogP contribution in [-0.4, -0.2) is 6.04 Å². The van der Waals surface area contributed by atoms with Crippen LogP contribution < -0.4 is 5.32 Å². The second kappa shape index (κ2) is 4.87. The monoisotopic (exact) mass is 266 g/mol. The molecule has 1 saturated heterocycles. The lowest BCUT2D eigenvalue weighted by molar-refractivity contribution is 0.341. The van der Waals surface area contributed by atoms with E-state index in [0.29, 0.717) is 5.02 Å². The minimum Gasteiger partial charge on any atom is -0.306 e. The van der Waals surface area contributed by atoms with Crippen molar-refractivity contribution >= 4 is 11.6 Å². The van der Waals surface area contributed by atoms with Crippen molar-refractivity contribution < 1.29 is 4.39 Å². The van der Waals surface area contributed by atoms with E-state index < -0.39 is 5.41 Å². The molecule has 0 spiro atoms. The van der Waals surface area contributed by atoms with E-state index >= 15 is 0 Å². The van der Waals surface area contributed by atoms with Gasteiger partial charge in [0, 0.05) is 17.1 Å². The molecule has 0 aromatic heterocycles. The molecule has 1 heterocycles. The van der Waals surface area contributed by atoms with Gasteiger partial charge in [0.25, 0.3) is 0 Å². The molecular weight excluding hydrogens is 251 g/mol. The van der Waals surface area contributed by atoms with Crippen molar-refractivity contribution in [3.63, 3.8) is 0 Å². The first kappa shape index (κ1) is 13.3. The first-order chi connectivity index (χ1) is 8.42. The van der Waals surface area contributed by atoms with Crippen molar-refractivity contribution in [2.75, 3.05) is 0 Å². The van der Waals surface area contributed by atoms with Gasteiger partial charge in [-0.3, -0.25) is 0 Å². The van der Waals surface area contributed by atoms with Crippen molar-refractivity contribution in [1.82, 2.24) is 5.32 Å². The highest BCUT2D eigenvalue weighted by molar-refractivity contribution is 6.30. The minimum absolute atomic E-state index is 0.0795. The van der Waals surface area contributed by atoms with Crippen LogP contribution in [0.25, 0.3) is 0 Å². The van der Waals surface area contributed by atoms with Crippen LogP contribution in [0, 0.1) is 22.6 Å². The molecule has 96 valence electrons.